The van der Waals surface area contributed by atoms with E-state index >= 15 is 0 Å². The Morgan fingerprint density at radius 3 is 2.38 bits per heavy atom. The summed E-state index contributed by atoms with van der Waals surface area (Å²) in [6.45, 7) is 6.59. The second-order valence-corrected chi connectivity index (χ2v) is 8.24. The third-order valence-electron chi connectivity index (χ3n) is 4.09. The van der Waals surface area contributed by atoms with Gasteiger partial charge in [-0.05, 0) is 42.9 Å². The number of hydrogen-bond donors (Lipinski definition) is 0. The Kier molecular flexibility index (Phi) is 9.08. The topological polar surface area (TPSA) is 0 Å². The molecule has 0 heterocycles. The number of hydrogen-bond acceptors (Lipinski definition) is 0. The van der Waals surface area contributed by atoms with Crippen LogP contribution in [0.5, 0.6) is 0 Å². The summed E-state index contributed by atoms with van der Waals surface area (Å²) in [7, 11) is -0.561. The molecule has 2 atom stereocenters. The predicted molar refractivity (Wildman–Crippen MR) is 90.9 cm³/mol. The van der Waals surface area contributed by atoms with Crippen LogP contribution in [-0.4, -0.2) is 12.3 Å². The smallest absolute Gasteiger partial charge is 0.131 e. The Balaban J connectivity index is 2.70. The largest absolute Gasteiger partial charge is 0.207 e. The summed E-state index contributed by atoms with van der Waals surface area (Å²) >= 11 is 0. The van der Waals surface area contributed by atoms with Crippen molar-refractivity contribution in [3.05, 3.63) is 29.8 Å². The van der Waals surface area contributed by atoms with Crippen LogP contribution in [0.25, 0.3) is 0 Å². The second kappa shape index (κ2) is 10.3. The zero-order chi connectivity index (χ0) is 15.7. The minimum Gasteiger partial charge on any atom is -0.207 e. The molecule has 1 aromatic carbocycles. The average molecular weight is 314 g/mol. The highest BCUT2D eigenvalue weighted by molar-refractivity contribution is 7.65. The van der Waals surface area contributed by atoms with E-state index in [1.165, 1.54) is 43.9 Å². The fourth-order valence-corrected chi connectivity index (χ4v) is 5.34. The first-order chi connectivity index (χ1) is 10.1. The van der Waals surface area contributed by atoms with Gasteiger partial charge in [-0.25, -0.2) is 8.78 Å². The van der Waals surface area contributed by atoms with E-state index in [9.17, 15) is 8.78 Å². The Bertz CT molecular complexity index is 406. The second-order valence-electron chi connectivity index (χ2n) is 5.79. The van der Waals surface area contributed by atoms with Crippen molar-refractivity contribution in [2.75, 3.05) is 12.3 Å². The fourth-order valence-electron chi connectivity index (χ4n) is 2.73. The molecule has 0 N–H and O–H groups in total. The Morgan fingerprint density at radius 1 is 1.00 bits per heavy atom. The van der Waals surface area contributed by atoms with E-state index in [4.69, 9.17) is 0 Å². The number of rotatable bonds is 10. The van der Waals surface area contributed by atoms with Crippen LogP contribution >= 0.6 is 7.92 Å². The third-order valence-corrected chi connectivity index (χ3v) is 6.90. The van der Waals surface area contributed by atoms with Crippen molar-refractivity contribution in [3.63, 3.8) is 0 Å². The molecule has 3 heteroatoms. The summed E-state index contributed by atoms with van der Waals surface area (Å²) < 4.78 is 27.4. The van der Waals surface area contributed by atoms with E-state index in [0.717, 1.165) is 31.1 Å². The highest BCUT2D eigenvalue weighted by Crippen LogP contribution is 2.39. The molecule has 0 spiro atoms. The van der Waals surface area contributed by atoms with Crippen molar-refractivity contribution in [2.24, 2.45) is 5.92 Å². The van der Waals surface area contributed by atoms with Crippen molar-refractivity contribution in [1.29, 1.82) is 0 Å². The monoisotopic (exact) mass is 314 g/mol. The normalized spacial score (nSPS) is 14.1. The molecular formula is C18H29F2P. The first-order valence-electron chi connectivity index (χ1n) is 8.32. The molecule has 0 saturated heterocycles. The van der Waals surface area contributed by atoms with Gasteiger partial charge in [0.25, 0.3) is 0 Å². The lowest BCUT2D eigenvalue weighted by molar-refractivity contribution is 0.441. The molecule has 0 aromatic heterocycles. The molecule has 1 rings (SSSR count). The van der Waals surface area contributed by atoms with Crippen LogP contribution in [-0.2, 0) is 0 Å². The maximum Gasteiger partial charge on any atom is 0.131 e. The maximum absolute atomic E-state index is 14.0. The van der Waals surface area contributed by atoms with Gasteiger partial charge < -0.3 is 0 Å². The van der Waals surface area contributed by atoms with Crippen LogP contribution in [0.3, 0.4) is 0 Å². The highest BCUT2D eigenvalue weighted by atomic mass is 31.1. The number of unbranched alkanes of at least 4 members (excludes halogenated alkanes) is 1. The minimum absolute atomic E-state index is 0.224. The zero-order valence-corrected chi connectivity index (χ0v) is 14.6. The fraction of sp³-hybridized carbons (Fsp3) is 0.667. The van der Waals surface area contributed by atoms with Gasteiger partial charge in [0.1, 0.15) is 11.6 Å². The van der Waals surface area contributed by atoms with E-state index in [1.807, 2.05) is 0 Å². The molecule has 0 bridgehead atoms. The van der Waals surface area contributed by atoms with Gasteiger partial charge in [0.05, 0.1) is 0 Å². The van der Waals surface area contributed by atoms with Crippen LogP contribution < -0.4 is 5.30 Å². The van der Waals surface area contributed by atoms with Crippen LogP contribution in [0.2, 0.25) is 0 Å². The summed E-state index contributed by atoms with van der Waals surface area (Å²) in [5, 5.41) is 0.636. The first-order valence-corrected chi connectivity index (χ1v) is 10.0. The van der Waals surface area contributed by atoms with Crippen molar-refractivity contribution >= 4 is 13.2 Å². The van der Waals surface area contributed by atoms with E-state index < -0.39 is 7.92 Å². The lowest BCUT2D eigenvalue weighted by Crippen LogP contribution is -2.13. The van der Waals surface area contributed by atoms with Crippen LogP contribution in [0, 0.1) is 17.6 Å². The van der Waals surface area contributed by atoms with Gasteiger partial charge >= 0.3 is 0 Å². The molecule has 21 heavy (non-hydrogen) atoms. The van der Waals surface area contributed by atoms with Crippen molar-refractivity contribution in [3.8, 4) is 0 Å². The van der Waals surface area contributed by atoms with E-state index in [1.54, 1.807) is 0 Å². The SMILES string of the molecule is CCCCC(CC)CCP(CCC)c1cc(F)ccc1F. The van der Waals surface area contributed by atoms with Gasteiger partial charge in [0, 0.05) is 5.30 Å². The zero-order valence-electron chi connectivity index (χ0n) is 13.7. The molecule has 0 nitrogen and oxygen atoms in total. The van der Waals surface area contributed by atoms with E-state index in [2.05, 4.69) is 20.8 Å². The highest BCUT2D eigenvalue weighted by Gasteiger charge is 2.17. The third kappa shape index (κ3) is 6.43. The summed E-state index contributed by atoms with van der Waals surface area (Å²) in [5.41, 5.74) is 0. The van der Waals surface area contributed by atoms with Crippen molar-refractivity contribution < 1.29 is 8.78 Å². The molecule has 0 aliphatic rings. The standard InChI is InChI=1S/C18H29F2P/c1-4-7-8-15(6-3)11-13-21(12-5-2)18-14-16(19)9-10-17(18)20/h9-10,14-15H,4-8,11-13H2,1-3H3. The Morgan fingerprint density at radius 2 is 1.76 bits per heavy atom. The Hall–Kier alpha value is -0.490. The maximum atomic E-state index is 14.0. The quantitative estimate of drug-likeness (QED) is 0.458. The summed E-state index contributed by atoms with van der Waals surface area (Å²) in [6.07, 6.45) is 9.20. The number of halogens is 2. The molecule has 2 unspecified atom stereocenters. The van der Waals surface area contributed by atoms with E-state index in [0.29, 0.717) is 5.30 Å². The average Bonchev–Trinajstić information content (AvgIpc) is 2.49. The summed E-state index contributed by atoms with van der Waals surface area (Å²) in [5.74, 6) is 0.203. The summed E-state index contributed by atoms with van der Waals surface area (Å²) in [6, 6.07) is 3.92. The van der Waals surface area contributed by atoms with Gasteiger partial charge in [-0.15, -0.1) is 0 Å². The lowest BCUT2D eigenvalue weighted by Gasteiger charge is -2.21. The summed E-state index contributed by atoms with van der Waals surface area (Å²) in [4.78, 5) is 0. The molecular weight excluding hydrogens is 285 g/mol. The molecule has 0 amide bonds. The van der Waals surface area contributed by atoms with Crippen molar-refractivity contribution in [2.45, 2.75) is 59.3 Å². The van der Waals surface area contributed by atoms with Gasteiger partial charge in [-0.1, -0.05) is 60.8 Å². The lowest BCUT2D eigenvalue weighted by atomic mass is 9.97. The molecule has 1 aromatic rings. The Labute approximate surface area is 130 Å². The molecule has 0 fully saturated rings. The van der Waals surface area contributed by atoms with Gasteiger partial charge in [0.15, 0.2) is 0 Å². The predicted octanol–water partition coefficient (Wildman–Crippen LogP) is 6.09. The van der Waals surface area contributed by atoms with Crippen LogP contribution in [0.4, 0.5) is 8.78 Å². The van der Waals surface area contributed by atoms with Gasteiger partial charge in [0.2, 0.25) is 0 Å². The first kappa shape index (κ1) is 18.6. The molecule has 0 aliphatic heterocycles. The van der Waals surface area contributed by atoms with Crippen molar-refractivity contribution in [1.82, 2.24) is 0 Å². The minimum atomic E-state index is -0.561. The van der Waals surface area contributed by atoms with Crippen LogP contribution in [0.1, 0.15) is 59.3 Å². The molecule has 120 valence electrons. The molecule has 0 aliphatic carbocycles. The van der Waals surface area contributed by atoms with Gasteiger partial charge in [-0.2, -0.15) is 0 Å². The van der Waals surface area contributed by atoms with Crippen LogP contribution in [0.15, 0.2) is 18.2 Å². The van der Waals surface area contributed by atoms with Gasteiger partial charge in [-0.3, -0.25) is 0 Å². The molecule has 0 radical (unpaired) electrons. The van der Waals surface area contributed by atoms with E-state index in [-0.39, 0.29) is 11.6 Å². The molecule has 0 saturated carbocycles. The number of benzene rings is 1.